The summed E-state index contributed by atoms with van der Waals surface area (Å²) in [6.45, 7) is 1.59. The van der Waals surface area contributed by atoms with Crippen LogP contribution in [-0.2, 0) is 33.2 Å². The number of aliphatic hydroxyl groups is 11. The van der Waals surface area contributed by atoms with Crippen molar-refractivity contribution in [2.24, 2.45) is 0 Å². The lowest BCUT2D eigenvalue weighted by Gasteiger charge is -2.48. The SMILES string of the molecule is CC/C=C\C/C=C\C/C=C\C/C=C\C/C=C\C/C=C\C/C=C\C/C=C\CCCCCCCCC(=O)NC(COC1OC(CO)C(OC2OC(CO)C(OC3OC(CO)C(O)C(O)C3O)C(O)C2O)C(O)C1O)C(O)/C=C/CCCCCCCCCCCCCCC. The van der Waals surface area contributed by atoms with Crippen molar-refractivity contribution < 1.29 is 89.4 Å². The molecule has 0 aliphatic carbocycles. The van der Waals surface area contributed by atoms with Gasteiger partial charge in [0, 0.05) is 6.42 Å². The highest BCUT2D eigenvalue weighted by molar-refractivity contribution is 5.76. The molecule has 0 saturated carbocycles. The van der Waals surface area contributed by atoms with Gasteiger partial charge in [0.1, 0.15) is 73.2 Å². The van der Waals surface area contributed by atoms with Gasteiger partial charge >= 0.3 is 0 Å². The fraction of sp³-hybridized carbons (Fsp3) is 0.736. The molecule has 17 unspecified atom stereocenters. The van der Waals surface area contributed by atoms with Gasteiger partial charge < -0.3 is 89.9 Å². The highest BCUT2D eigenvalue weighted by atomic mass is 16.8. The largest absolute Gasteiger partial charge is 0.394 e. The lowest BCUT2D eigenvalue weighted by atomic mass is 9.96. The zero-order chi connectivity index (χ0) is 66.1. The standard InChI is InChI=1S/C72H121NO18/c1-3-5-7-9-11-13-15-17-19-20-21-22-23-24-25-26-27-28-29-30-31-32-33-34-36-38-40-42-44-46-48-50-60(78)73-55(56(77)49-47-45-43-41-39-37-35-18-16-14-12-10-8-6-4-2)54-86-70-66(84)63(81)68(58(52-75)88-70)91-72-67(85)64(82)69(59(53-76)89-72)90-71-65(83)62(80)61(79)57(51-74)87-71/h5,7,11,13,17,19,21-22,24-25,27-28,30-31,33-34,47,49,55-59,61-72,74-77,79-85H,3-4,6,8-10,12,14-16,18,20,23,26,29,32,35-46,48,50-54H2,1-2H3,(H,73,78)/b7-5-,13-11-,19-17-,22-21-,25-24-,28-27-,31-30-,34-33-,49-47+. The van der Waals surface area contributed by atoms with Crippen molar-refractivity contribution >= 4 is 5.91 Å². The minimum atomic E-state index is -1.98. The first-order valence-electron chi connectivity index (χ1n) is 34.6. The first-order chi connectivity index (χ1) is 44.3. The normalized spacial score (nSPS) is 28.6. The van der Waals surface area contributed by atoms with E-state index in [1.54, 1.807) is 6.08 Å². The van der Waals surface area contributed by atoms with Crippen molar-refractivity contribution in [1.82, 2.24) is 5.32 Å². The Morgan fingerprint density at radius 1 is 0.407 bits per heavy atom. The van der Waals surface area contributed by atoms with Crippen LogP contribution in [-0.4, -0.2) is 193 Å². The first-order valence-corrected chi connectivity index (χ1v) is 34.6. The maximum atomic E-state index is 13.4. The molecule has 0 aromatic heterocycles. The van der Waals surface area contributed by atoms with Crippen molar-refractivity contribution in [2.45, 2.75) is 311 Å². The fourth-order valence-corrected chi connectivity index (χ4v) is 11.0. The van der Waals surface area contributed by atoms with Crippen LogP contribution in [0.4, 0.5) is 0 Å². The van der Waals surface area contributed by atoms with Crippen molar-refractivity contribution in [3.63, 3.8) is 0 Å². The van der Waals surface area contributed by atoms with E-state index in [1.807, 2.05) is 6.08 Å². The van der Waals surface area contributed by atoms with Gasteiger partial charge in [-0.25, -0.2) is 0 Å². The van der Waals surface area contributed by atoms with Crippen molar-refractivity contribution in [1.29, 1.82) is 0 Å². The molecule has 3 saturated heterocycles. The predicted octanol–water partition coefficient (Wildman–Crippen LogP) is 9.05. The molecule has 3 aliphatic rings. The quantitative estimate of drug-likeness (QED) is 0.0200. The molecule has 0 aromatic rings. The lowest BCUT2D eigenvalue weighted by molar-refractivity contribution is -0.379. The predicted molar refractivity (Wildman–Crippen MR) is 355 cm³/mol. The Bertz CT molecular complexity index is 2070. The molecule has 3 fully saturated rings. The summed E-state index contributed by atoms with van der Waals surface area (Å²) in [5.41, 5.74) is 0. The number of rotatable bonds is 51. The summed E-state index contributed by atoms with van der Waals surface area (Å²) in [7, 11) is 0. The molecule has 0 radical (unpaired) electrons. The molecule has 0 bridgehead atoms. The van der Waals surface area contributed by atoms with E-state index in [1.165, 1.54) is 64.2 Å². The van der Waals surface area contributed by atoms with Crippen LogP contribution in [0.1, 0.15) is 206 Å². The van der Waals surface area contributed by atoms with Crippen LogP contribution in [0.3, 0.4) is 0 Å². The third kappa shape index (κ3) is 34.6. The van der Waals surface area contributed by atoms with Gasteiger partial charge in [0.05, 0.1) is 38.6 Å². The van der Waals surface area contributed by atoms with Gasteiger partial charge in [0.2, 0.25) is 5.91 Å². The molecule has 17 atom stereocenters. The maximum Gasteiger partial charge on any atom is 0.220 e. The van der Waals surface area contributed by atoms with Gasteiger partial charge in [0.25, 0.3) is 0 Å². The monoisotopic (exact) mass is 1290 g/mol. The second-order valence-corrected chi connectivity index (χ2v) is 24.3. The Morgan fingerprint density at radius 2 is 0.758 bits per heavy atom. The van der Waals surface area contributed by atoms with E-state index >= 15 is 0 Å². The Labute approximate surface area is 545 Å². The van der Waals surface area contributed by atoms with Gasteiger partial charge in [-0.15, -0.1) is 0 Å². The number of carbonyl (C=O) groups is 1. The van der Waals surface area contributed by atoms with Crippen LogP contribution >= 0.6 is 0 Å². The van der Waals surface area contributed by atoms with Crippen LogP contribution in [0.2, 0.25) is 0 Å². The number of allylic oxidation sites excluding steroid dienone is 17. The summed E-state index contributed by atoms with van der Waals surface area (Å²) in [6.07, 6.45) is 43.4. The number of nitrogens with one attached hydrogen (secondary N) is 1. The average Bonchev–Trinajstić information content (AvgIpc) is 0.876. The Morgan fingerprint density at radius 3 is 1.19 bits per heavy atom. The van der Waals surface area contributed by atoms with Crippen molar-refractivity contribution in [3.8, 4) is 0 Å². The summed E-state index contributed by atoms with van der Waals surface area (Å²) in [5.74, 6) is -0.295. The number of unbranched alkanes of at least 4 members (excludes halogenated alkanes) is 19. The van der Waals surface area contributed by atoms with E-state index in [-0.39, 0.29) is 18.9 Å². The highest BCUT2D eigenvalue weighted by Crippen LogP contribution is 2.33. The Kier molecular flexibility index (Phi) is 47.3. The summed E-state index contributed by atoms with van der Waals surface area (Å²) in [5, 5.41) is 120. The molecule has 0 aromatic carbocycles. The van der Waals surface area contributed by atoms with E-state index in [9.17, 15) is 61.0 Å². The van der Waals surface area contributed by atoms with Crippen molar-refractivity contribution in [2.75, 3.05) is 26.4 Å². The van der Waals surface area contributed by atoms with Crippen LogP contribution in [0, 0.1) is 0 Å². The minimum absolute atomic E-state index is 0.219. The fourth-order valence-electron chi connectivity index (χ4n) is 11.0. The van der Waals surface area contributed by atoms with Crippen LogP contribution in [0.15, 0.2) is 109 Å². The molecule has 3 rings (SSSR count). The second-order valence-electron chi connectivity index (χ2n) is 24.3. The summed E-state index contributed by atoms with van der Waals surface area (Å²) in [4.78, 5) is 13.4. The zero-order valence-electron chi connectivity index (χ0n) is 55.0. The number of ether oxygens (including phenoxy) is 6. The first kappa shape index (κ1) is 81.7. The van der Waals surface area contributed by atoms with Crippen LogP contribution < -0.4 is 5.32 Å². The van der Waals surface area contributed by atoms with Crippen LogP contribution in [0.5, 0.6) is 0 Å². The summed E-state index contributed by atoms with van der Waals surface area (Å²) >= 11 is 0. The molecular formula is C72H121NO18. The average molecular weight is 1290 g/mol. The summed E-state index contributed by atoms with van der Waals surface area (Å²) in [6, 6.07) is -0.989. The summed E-state index contributed by atoms with van der Waals surface area (Å²) < 4.78 is 34.3. The van der Waals surface area contributed by atoms with Gasteiger partial charge in [-0.1, -0.05) is 226 Å². The van der Waals surface area contributed by atoms with E-state index in [0.29, 0.717) is 6.42 Å². The third-order valence-electron chi connectivity index (χ3n) is 16.6. The number of aliphatic hydroxyl groups excluding tert-OH is 11. The van der Waals surface area contributed by atoms with Gasteiger partial charge in [0.15, 0.2) is 18.9 Å². The maximum absolute atomic E-state index is 13.4. The Balaban J connectivity index is 1.42. The van der Waals surface area contributed by atoms with Crippen molar-refractivity contribution in [3.05, 3.63) is 109 Å². The number of hydrogen-bond donors (Lipinski definition) is 12. The van der Waals surface area contributed by atoms with Gasteiger partial charge in [-0.05, 0) is 83.5 Å². The Hall–Kier alpha value is -3.55. The molecule has 19 nitrogen and oxygen atoms in total. The molecular weight excluding hydrogens is 1170 g/mol. The van der Waals surface area contributed by atoms with E-state index in [4.69, 9.17) is 28.4 Å². The molecule has 3 aliphatic heterocycles. The van der Waals surface area contributed by atoms with Crippen LogP contribution in [0.25, 0.3) is 0 Å². The molecule has 19 heteroatoms. The topological polar surface area (TPSA) is 307 Å². The molecule has 12 N–H and O–H groups in total. The number of carbonyl (C=O) groups excluding carboxylic acids is 1. The second kappa shape index (κ2) is 52.7. The minimum Gasteiger partial charge on any atom is -0.394 e. The molecule has 0 spiro atoms. The van der Waals surface area contributed by atoms with E-state index in [0.717, 1.165) is 116 Å². The number of hydrogen-bond acceptors (Lipinski definition) is 18. The molecule has 91 heavy (non-hydrogen) atoms. The van der Waals surface area contributed by atoms with Gasteiger partial charge in [-0.2, -0.15) is 0 Å². The molecule has 3 heterocycles. The third-order valence-corrected chi connectivity index (χ3v) is 16.6. The lowest BCUT2D eigenvalue weighted by Crippen LogP contribution is -2.66. The molecule has 1 amide bonds. The highest BCUT2D eigenvalue weighted by Gasteiger charge is 2.53. The van der Waals surface area contributed by atoms with Gasteiger partial charge in [-0.3, -0.25) is 4.79 Å². The van der Waals surface area contributed by atoms with E-state index < -0.39 is 124 Å². The van der Waals surface area contributed by atoms with E-state index in [2.05, 4.69) is 116 Å². The smallest absolute Gasteiger partial charge is 0.220 e. The molecule has 522 valence electrons. The number of amides is 1. The zero-order valence-corrected chi connectivity index (χ0v) is 55.0.